The van der Waals surface area contributed by atoms with E-state index in [1.54, 1.807) is 0 Å². The molecule has 3 nitrogen and oxygen atoms in total. The average molecular weight is 460 g/mol. The predicted molar refractivity (Wildman–Crippen MR) is 119 cm³/mol. The Kier molecular flexibility index (Phi) is 9.89. The van der Waals surface area contributed by atoms with E-state index in [2.05, 4.69) is 59.2 Å². The van der Waals surface area contributed by atoms with Crippen molar-refractivity contribution in [2.45, 2.75) is 47.5 Å². The first-order valence-corrected chi connectivity index (χ1v) is 12.1. The second kappa shape index (κ2) is 11.6. The first kappa shape index (κ1) is 22.1. The summed E-state index contributed by atoms with van der Waals surface area (Å²) in [4.78, 5) is 17.8. The molecule has 1 aliphatic carbocycles. The molecule has 0 aliphatic heterocycles. The number of rotatable bonds is 9. The van der Waals surface area contributed by atoms with Crippen LogP contribution in [0.1, 0.15) is 32.1 Å². The van der Waals surface area contributed by atoms with Crippen molar-refractivity contribution < 1.29 is 4.79 Å². The fourth-order valence-electron chi connectivity index (χ4n) is 3.13. The summed E-state index contributed by atoms with van der Waals surface area (Å²) >= 11 is 7.51. The lowest BCUT2D eigenvalue weighted by Gasteiger charge is -2.31. The van der Waals surface area contributed by atoms with Crippen molar-refractivity contribution >= 4 is 45.4 Å². The fraction of sp³-hybridized carbons (Fsp3) is 0.650. The zero-order valence-corrected chi connectivity index (χ0v) is 19.3. The van der Waals surface area contributed by atoms with E-state index in [0.717, 1.165) is 19.5 Å². The molecule has 1 fully saturated rings. The van der Waals surface area contributed by atoms with Crippen LogP contribution < -0.4 is 0 Å². The molecule has 1 amide bonds. The molecule has 26 heavy (non-hydrogen) atoms. The van der Waals surface area contributed by atoms with Crippen LogP contribution in [0, 0.1) is 0 Å². The summed E-state index contributed by atoms with van der Waals surface area (Å²) in [5.41, 5.74) is 0. The van der Waals surface area contributed by atoms with Crippen LogP contribution >= 0.6 is 39.5 Å². The van der Waals surface area contributed by atoms with Crippen molar-refractivity contribution in [3.63, 3.8) is 0 Å². The Hall–Kier alpha value is -0.170. The van der Waals surface area contributed by atoms with Gasteiger partial charge in [-0.15, -0.1) is 23.5 Å². The van der Waals surface area contributed by atoms with Crippen molar-refractivity contribution in [3.8, 4) is 0 Å². The fourth-order valence-corrected chi connectivity index (χ4v) is 6.59. The van der Waals surface area contributed by atoms with Crippen LogP contribution in [0.5, 0.6) is 0 Å². The minimum atomic E-state index is 0.268. The first-order valence-electron chi connectivity index (χ1n) is 9.39. The van der Waals surface area contributed by atoms with Crippen molar-refractivity contribution in [1.82, 2.24) is 9.80 Å². The number of amides is 1. The van der Waals surface area contributed by atoms with Crippen molar-refractivity contribution in [2.75, 3.05) is 40.0 Å². The Labute approximate surface area is 175 Å². The number of hydrogen-bond donors (Lipinski definition) is 0. The molecule has 0 aromatic heterocycles. The first-order chi connectivity index (χ1) is 12.5. The number of carbonyl (C=O) groups excluding carboxylic acids is 1. The van der Waals surface area contributed by atoms with Gasteiger partial charge in [0.25, 0.3) is 0 Å². The van der Waals surface area contributed by atoms with Gasteiger partial charge in [0.15, 0.2) is 0 Å². The molecule has 2 rings (SSSR count). The summed E-state index contributed by atoms with van der Waals surface area (Å²) < 4.78 is 1.18. The van der Waals surface area contributed by atoms with E-state index in [9.17, 15) is 4.79 Å². The Morgan fingerprint density at radius 3 is 2.50 bits per heavy atom. The van der Waals surface area contributed by atoms with Gasteiger partial charge in [0, 0.05) is 33.5 Å². The lowest BCUT2D eigenvalue weighted by Crippen LogP contribution is -2.33. The normalized spacial score (nSPS) is 20.3. The Bertz CT molecular complexity index is 570. The van der Waals surface area contributed by atoms with Gasteiger partial charge in [-0.1, -0.05) is 25.0 Å². The maximum Gasteiger partial charge on any atom is 0.232 e. The van der Waals surface area contributed by atoms with E-state index in [0.29, 0.717) is 16.3 Å². The molecule has 2 atom stereocenters. The standard InChI is InChI=1S/C20H31BrN2OS2/c1-22(2)13-8-14-23(3)20(24)15-25-18-11-6-7-12-19(18)26-17-10-5-4-9-16(17)21/h4-5,9-10,18-19H,6-8,11-15H2,1-3H3/t18-,19-/m1/s1. The van der Waals surface area contributed by atoms with Gasteiger partial charge < -0.3 is 9.80 Å². The number of benzene rings is 1. The van der Waals surface area contributed by atoms with Gasteiger partial charge in [-0.05, 0) is 68.0 Å². The zero-order valence-electron chi connectivity index (χ0n) is 16.1. The largest absolute Gasteiger partial charge is 0.345 e. The van der Waals surface area contributed by atoms with Crippen LogP contribution in [0.4, 0.5) is 0 Å². The molecule has 1 saturated carbocycles. The van der Waals surface area contributed by atoms with E-state index < -0.39 is 0 Å². The molecule has 0 bridgehead atoms. The van der Waals surface area contributed by atoms with Gasteiger partial charge in [-0.2, -0.15) is 0 Å². The second-order valence-electron chi connectivity index (χ2n) is 7.19. The summed E-state index contributed by atoms with van der Waals surface area (Å²) in [6.45, 7) is 1.87. The molecule has 1 aromatic rings. The number of hydrogen-bond acceptors (Lipinski definition) is 4. The minimum Gasteiger partial charge on any atom is -0.345 e. The highest BCUT2D eigenvalue weighted by molar-refractivity contribution is 9.10. The van der Waals surface area contributed by atoms with Crippen molar-refractivity contribution in [3.05, 3.63) is 28.7 Å². The lowest BCUT2D eigenvalue weighted by atomic mass is 10.00. The second-order valence-corrected chi connectivity index (χ2v) is 10.6. The highest BCUT2D eigenvalue weighted by atomic mass is 79.9. The van der Waals surface area contributed by atoms with Crippen molar-refractivity contribution in [2.24, 2.45) is 0 Å². The van der Waals surface area contributed by atoms with E-state index in [1.807, 2.05) is 35.5 Å². The van der Waals surface area contributed by atoms with Crippen LogP contribution in [0.25, 0.3) is 0 Å². The topological polar surface area (TPSA) is 23.6 Å². The van der Waals surface area contributed by atoms with E-state index >= 15 is 0 Å². The Morgan fingerprint density at radius 2 is 1.81 bits per heavy atom. The monoisotopic (exact) mass is 458 g/mol. The van der Waals surface area contributed by atoms with Gasteiger partial charge >= 0.3 is 0 Å². The zero-order chi connectivity index (χ0) is 18.9. The third kappa shape index (κ3) is 7.45. The van der Waals surface area contributed by atoms with E-state index in [-0.39, 0.29) is 5.91 Å². The number of halogens is 1. The van der Waals surface area contributed by atoms with Crippen LogP contribution in [0.3, 0.4) is 0 Å². The lowest BCUT2D eigenvalue weighted by molar-refractivity contribution is -0.127. The maximum atomic E-state index is 12.5. The van der Waals surface area contributed by atoms with Gasteiger partial charge in [0.2, 0.25) is 5.91 Å². The summed E-state index contributed by atoms with van der Waals surface area (Å²) in [6.07, 6.45) is 6.10. The van der Waals surface area contributed by atoms with Gasteiger partial charge in [-0.3, -0.25) is 4.79 Å². The molecular formula is C20H31BrN2OS2. The van der Waals surface area contributed by atoms with Gasteiger partial charge in [0.1, 0.15) is 0 Å². The molecular weight excluding hydrogens is 428 g/mol. The highest BCUT2D eigenvalue weighted by Gasteiger charge is 2.27. The van der Waals surface area contributed by atoms with E-state index in [4.69, 9.17) is 0 Å². The summed E-state index contributed by atoms with van der Waals surface area (Å²) in [5, 5.41) is 1.17. The van der Waals surface area contributed by atoms with Crippen molar-refractivity contribution in [1.29, 1.82) is 0 Å². The molecule has 0 spiro atoms. The van der Waals surface area contributed by atoms with Gasteiger partial charge in [0.05, 0.1) is 5.75 Å². The van der Waals surface area contributed by atoms with Crippen LogP contribution in [0.15, 0.2) is 33.6 Å². The van der Waals surface area contributed by atoms with Gasteiger partial charge in [-0.25, -0.2) is 0 Å². The van der Waals surface area contributed by atoms with Crippen LogP contribution in [-0.2, 0) is 4.79 Å². The predicted octanol–water partition coefficient (Wildman–Crippen LogP) is 5.00. The van der Waals surface area contributed by atoms with Crippen LogP contribution in [0.2, 0.25) is 0 Å². The third-order valence-electron chi connectivity index (χ3n) is 4.70. The average Bonchev–Trinajstić information content (AvgIpc) is 2.62. The molecule has 0 N–H and O–H groups in total. The summed E-state index contributed by atoms with van der Waals surface area (Å²) in [6, 6.07) is 8.46. The molecule has 1 aliphatic rings. The maximum absolute atomic E-state index is 12.5. The smallest absolute Gasteiger partial charge is 0.232 e. The molecule has 0 unspecified atom stereocenters. The quantitative estimate of drug-likeness (QED) is 0.519. The van der Waals surface area contributed by atoms with E-state index in [1.165, 1.54) is 35.1 Å². The molecule has 1 aromatic carbocycles. The number of carbonyl (C=O) groups is 1. The van der Waals surface area contributed by atoms with Crippen LogP contribution in [-0.4, -0.2) is 66.2 Å². The molecule has 0 heterocycles. The number of thioether (sulfide) groups is 2. The minimum absolute atomic E-state index is 0.268. The molecule has 0 radical (unpaired) electrons. The summed E-state index contributed by atoms with van der Waals surface area (Å²) in [7, 11) is 6.08. The number of nitrogens with zero attached hydrogens (tertiary/aromatic N) is 2. The molecule has 146 valence electrons. The highest BCUT2D eigenvalue weighted by Crippen LogP contribution is 2.41. The molecule has 0 saturated heterocycles. The third-order valence-corrected chi connectivity index (χ3v) is 8.71. The SMILES string of the molecule is CN(C)CCCN(C)C(=O)CS[C@@H]1CCCC[C@H]1Sc1ccccc1Br. The molecule has 6 heteroatoms. The Balaban J connectivity index is 1.82. The summed E-state index contributed by atoms with van der Waals surface area (Å²) in [5.74, 6) is 0.875. The Morgan fingerprint density at radius 1 is 1.12 bits per heavy atom.